The summed E-state index contributed by atoms with van der Waals surface area (Å²) < 4.78 is 5.63. The first-order valence-corrected chi connectivity index (χ1v) is 9.23. The maximum Gasteiger partial charge on any atom is 0.313 e. The molecule has 0 bridgehead atoms. The summed E-state index contributed by atoms with van der Waals surface area (Å²) in [6, 6.07) is 0.0666. The standard InChI is InChI=1S/C18H28N4O3/c1-2-11-25-12-10-21-8-3-5-18(17(23)24)14-22(9-4-15(18)21)16-13-19-6-7-20-16/h6-7,13,15H,2-5,8-12,14H2,1H3,(H,23,24)/t15-,18+/m1/s1. The molecule has 7 nitrogen and oxygen atoms in total. The molecule has 25 heavy (non-hydrogen) atoms. The van der Waals surface area contributed by atoms with Crippen molar-refractivity contribution in [2.45, 2.75) is 38.6 Å². The van der Waals surface area contributed by atoms with Crippen molar-refractivity contribution in [2.24, 2.45) is 5.41 Å². The molecule has 0 aromatic carbocycles. The van der Waals surface area contributed by atoms with Crippen molar-refractivity contribution < 1.29 is 14.6 Å². The number of piperidine rings is 2. The van der Waals surface area contributed by atoms with Gasteiger partial charge in [0.15, 0.2) is 0 Å². The quantitative estimate of drug-likeness (QED) is 0.751. The highest BCUT2D eigenvalue weighted by molar-refractivity contribution is 5.77. The van der Waals surface area contributed by atoms with E-state index in [1.165, 1.54) is 0 Å². The van der Waals surface area contributed by atoms with Gasteiger partial charge in [-0.15, -0.1) is 0 Å². The van der Waals surface area contributed by atoms with Crippen LogP contribution in [0.1, 0.15) is 32.6 Å². The van der Waals surface area contributed by atoms with Gasteiger partial charge in [-0.2, -0.15) is 0 Å². The van der Waals surface area contributed by atoms with E-state index in [9.17, 15) is 9.90 Å². The molecule has 1 aromatic rings. The molecule has 1 N–H and O–H groups in total. The van der Waals surface area contributed by atoms with Crippen molar-refractivity contribution in [3.05, 3.63) is 18.6 Å². The van der Waals surface area contributed by atoms with Crippen LogP contribution in [0.3, 0.4) is 0 Å². The van der Waals surface area contributed by atoms with Crippen molar-refractivity contribution in [3.63, 3.8) is 0 Å². The number of rotatable bonds is 7. The number of carbonyl (C=O) groups is 1. The van der Waals surface area contributed by atoms with Crippen LogP contribution in [0.25, 0.3) is 0 Å². The number of fused-ring (bicyclic) bond motifs is 1. The van der Waals surface area contributed by atoms with Crippen molar-refractivity contribution >= 4 is 11.8 Å². The van der Waals surface area contributed by atoms with Gasteiger partial charge < -0.3 is 14.7 Å². The summed E-state index contributed by atoms with van der Waals surface area (Å²) in [5.41, 5.74) is -0.737. The molecule has 0 radical (unpaired) electrons. The summed E-state index contributed by atoms with van der Waals surface area (Å²) in [4.78, 5) is 25.2. The lowest BCUT2D eigenvalue weighted by Gasteiger charge is -2.53. The number of aliphatic carboxylic acids is 1. The van der Waals surface area contributed by atoms with Gasteiger partial charge in [-0.05, 0) is 32.2 Å². The third-order valence-electron chi connectivity index (χ3n) is 5.46. The van der Waals surface area contributed by atoms with Crippen LogP contribution in [0.2, 0.25) is 0 Å². The number of ether oxygens (including phenoxy) is 1. The maximum atomic E-state index is 12.3. The monoisotopic (exact) mass is 348 g/mol. The average Bonchev–Trinajstić information content (AvgIpc) is 2.65. The van der Waals surface area contributed by atoms with Crippen molar-refractivity contribution in [1.82, 2.24) is 14.9 Å². The third-order valence-corrected chi connectivity index (χ3v) is 5.46. The summed E-state index contributed by atoms with van der Waals surface area (Å²) in [7, 11) is 0. The Hall–Kier alpha value is -1.73. The van der Waals surface area contributed by atoms with Gasteiger partial charge in [0, 0.05) is 44.7 Å². The second-order valence-electron chi connectivity index (χ2n) is 7.00. The van der Waals surface area contributed by atoms with E-state index in [-0.39, 0.29) is 6.04 Å². The van der Waals surface area contributed by atoms with Crippen LogP contribution in [-0.2, 0) is 9.53 Å². The zero-order valence-electron chi connectivity index (χ0n) is 14.9. The minimum absolute atomic E-state index is 0.0666. The van der Waals surface area contributed by atoms with E-state index in [1.807, 2.05) is 0 Å². The van der Waals surface area contributed by atoms with Gasteiger partial charge in [-0.25, -0.2) is 4.98 Å². The fourth-order valence-corrected chi connectivity index (χ4v) is 4.27. The van der Waals surface area contributed by atoms with E-state index in [0.29, 0.717) is 13.2 Å². The molecule has 1 aromatic heterocycles. The van der Waals surface area contributed by atoms with E-state index in [2.05, 4.69) is 26.7 Å². The van der Waals surface area contributed by atoms with E-state index in [0.717, 1.165) is 57.7 Å². The summed E-state index contributed by atoms with van der Waals surface area (Å²) in [5.74, 6) is 0.0789. The predicted molar refractivity (Wildman–Crippen MR) is 94.6 cm³/mol. The lowest BCUT2D eigenvalue weighted by atomic mass is 9.69. The fourth-order valence-electron chi connectivity index (χ4n) is 4.27. The third kappa shape index (κ3) is 3.77. The van der Waals surface area contributed by atoms with Gasteiger partial charge in [0.25, 0.3) is 0 Å². The molecular formula is C18H28N4O3. The van der Waals surface area contributed by atoms with Crippen LogP contribution in [0, 0.1) is 5.41 Å². The predicted octanol–water partition coefficient (Wildman–Crippen LogP) is 1.65. The number of likely N-dealkylation sites (tertiary alicyclic amines) is 1. The molecule has 2 fully saturated rings. The van der Waals surface area contributed by atoms with Gasteiger partial charge >= 0.3 is 5.97 Å². The number of hydrogen-bond donors (Lipinski definition) is 1. The Balaban J connectivity index is 1.74. The average molecular weight is 348 g/mol. The molecular weight excluding hydrogens is 320 g/mol. The lowest BCUT2D eigenvalue weighted by Crippen LogP contribution is -2.64. The van der Waals surface area contributed by atoms with Gasteiger partial charge in [-0.3, -0.25) is 14.7 Å². The van der Waals surface area contributed by atoms with Crippen molar-refractivity contribution in [2.75, 3.05) is 44.3 Å². The van der Waals surface area contributed by atoms with Gasteiger partial charge in [0.05, 0.1) is 12.8 Å². The molecule has 2 aliphatic rings. The minimum Gasteiger partial charge on any atom is -0.481 e. The van der Waals surface area contributed by atoms with Crippen molar-refractivity contribution in [1.29, 1.82) is 0 Å². The molecule has 2 saturated heterocycles. The van der Waals surface area contributed by atoms with E-state index >= 15 is 0 Å². The zero-order valence-corrected chi connectivity index (χ0v) is 14.9. The molecule has 0 amide bonds. The number of carboxylic acids is 1. The van der Waals surface area contributed by atoms with Crippen LogP contribution in [0.4, 0.5) is 5.82 Å². The summed E-state index contributed by atoms with van der Waals surface area (Å²) in [5, 5.41) is 10.1. The van der Waals surface area contributed by atoms with Gasteiger partial charge in [-0.1, -0.05) is 6.92 Å². The second-order valence-corrected chi connectivity index (χ2v) is 7.00. The Kier molecular flexibility index (Phi) is 5.86. The molecule has 7 heteroatoms. The Morgan fingerprint density at radius 2 is 2.28 bits per heavy atom. The van der Waals surface area contributed by atoms with Crippen molar-refractivity contribution in [3.8, 4) is 0 Å². The van der Waals surface area contributed by atoms with E-state index < -0.39 is 11.4 Å². The molecule has 0 unspecified atom stereocenters. The Morgan fingerprint density at radius 1 is 1.40 bits per heavy atom. The van der Waals surface area contributed by atoms with E-state index in [1.54, 1.807) is 18.6 Å². The van der Waals surface area contributed by atoms with Crippen LogP contribution < -0.4 is 4.90 Å². The van der Waals surface area contributed by atoms with Crippen LogP contribution in [0.15, 0.2) is 18.6 Å². The van der Waals surface area contributed by atoms with E-state index in [4.69, 9.17) is 4.74 Å². The molecule has 3 rings (SSSR count). The molecule has 2 aliphatic heterocycles. The Morgan fingerprint density at radius 3 is 3.00 bits per heavy atom. The maximum absolute atomic E-state index is 12.3. The molecule has 3 heterocycles. The number of aromatic nitrogens is 2. The highest BCUT2D eigenvalue weighted by atomic mass is 16.5. The smallest absolute Gasteiger partial charge is 0.313 e. The first kappa shape index (κ1) is 18.1. The number of hydrogen-bond acceptors (Lipinski definition) is 6. The number of carboxylic acid groups (broad SMARTS) is 1. The van der Waals surface area contributed by atoms with Crippen LogP contribution in [0.5, 0.6) is 0 Å². The highest BCUT2D eigenvalue weighted by Crippen LogP contribution is 2.42. The molecule has 0 spiro atoms. The highest BCUT2D eigenvalue weighted by Gasteiger charge is 2.53. The normalized spacial score (nSPS) is 27.1. The fraction of sp³-hybridized carbons (Fsp3) is 0.722. The zero-order chi connectivity index (χ0) is 17.7. The first-order valence-electron chi connectivity index (χ1n) is 9.23. The summed E-state index contributed by atoms with van der Waals surface area (Å²) >= 11 is 0. The van der Waals surface area contributed by atoms with Gasteiger partial charge in [0.2, 0.25) is 0 Å². The molecule has 0 saturated carbocycles. The minimum atomic E-state index is -0.737. The summed E-state index contributed by atoms with van der Waals surface area (Å²) in [6.07, 6.45) is 8.48. The van der Waals surface area contributed by atoms with Gasteiger partial charge in [0.1, 0.15) is 11.2 Å². The van der Waals surface area contributed by atoms with Crippen LogP contribution >= 0.6 is 0 Å². The summed E-state index contributed by atoms with van der Waals surface area (Å²) in [6.45, 7) is 6.61. The SMILES string of the molecule is CCCOCCN1CCC[C@]2(C(=O)O)CN(c3cnccn3)CC[C@@H]12. The Labute approximate surface area is 149 Å². The lowest BCUT2D eigenvalue weighted by molar-refractivity contribution is -0.158. The molecule has 2 atom stereocenters. The number of nitrogens with zero attached hydrogens (tertiary/aromatic N) is 4. The topological polar surface area (TPSA) is 78.8 Å². The second kappa shape index (κ2) is 8.10. The molecule has 0 aliphatic carbocycles. The Bertz CT molecular complexity index is 571. The van der Waals surface area contributed by atoms with Crippen LogP contribution in [-0.4, -0.2) is 71.4 Å². The first-order chi connectivity index (χ1) is 12.2. The molecule has 138 valence electrons. The largest absolute Gasteiger partial charge is 0.481 e. The number of anilines is 1.